The van der Waals surface area contributed by atoms with Crippen LogP contribution in [-0.4, -0.2) is 28.3 Å². The zero-order chi connectivity index (χ0) is 11.2. The Balaban J connectivity index is 1.70. The molecule has 1 heterocycles. The number of ether oxygens (including phenoxy) is 1. The van der Waals surface area contributed by atoms with Gasteiger partial charge in [0, 0.05) is 0 Å². The molecule has 0 amide bonds. The molecule has 0 spiro atoms. The smallest absolute Gasteiger partial charge is 0.151 e. The monoisotopic (exact) mass is 220 g/mol. The molecular formula is C11H12N2O3. The normalized spacial score (nSPS) is 10.0. The van der Waals surface area contributed by atoms with E-state index in [-0.39, 0.29) is 5.75 Å². The Kier molecular flexibility index (Phi) is 3.28. The van der Waals surface area contributed by atoms with Crippen LogP contribution in [0.2, 0.25) is 0 Å². The zero-order valence-electron chi connectivity index (χ0n) is 8.61. The Bertz CT molecular complexity index is 411. The molecule has 0 atom stereocenters. The van der Waals surface area contributed by atoms with Gasteiger partial charge in [0.15, 0.2) is 6.61 Å². The molecule has 0 fully saturated rings. The third-order valence-corrected chi connectivity index (χ3v) is 1.89. The van der Waals surface area contributed by atoms with Crippen LogP contribution in [-0.2, 0) is 0 Å². The summed E-state index contributed by atoms with van der Waals surface area (Å²) in [6, 6.07) is 8.32. The predicted molar refractivity (Wildman–Crippen MR) is 57.3 cm³/mol. The summed E-state index contributed by atoms with van der Waals surface area (Å²) in [6.45, 7) is 0.827. The maximum absolute atomic E-state index is 9.06. The minimum absolute atomic E-state index is 0.222. The molecule has 2 aromatic rings. The lowest BCUT2D eigenvalue weighted by Gasteiger charge is -2.07. The average molecular weight is 220 g/mol. The van der Waals surface area contributed by atoms with E-state index in [9.17, 15) is 0 Å². The van der Waals surface area contributed by atoms with Crippen molar-refractivity contribution in [3.63, 3.8) is 0 Å². The maximum atomic E-state index is 9.06. The Morgan fingerprint density at radius 1 is 1.19 bits per heavy atom. The second-order valence-corrected chi connectivity index (χ2v) is 3.08. The first-order valence-electron chi connectivity index (χ1n) is 4.89. The van der Waals surface area contributed by atoms with Gasteiger partial charge in [0.1, 0.15) is 18.1 Å². The van der Waals surface area contributed by atoms with E-state index < -0.39 is 0 Å². The molecule has 0 aliphatic rings. The van der Waals surface area contributed by atoms with Crippen molar-refractivity contribution < 1.29 is 14.7 Å². The van der Waals surface area contributed by atoms with Gasteiger partial charge in [-0.3, -0.25) is 0 Å². The number of aromatic hydroxyl groups is 1. The van der Waals surface area contributed by atoms with Crippen LogP contribution < -0.4 is 9.57 Å². The van der Waals surface area contributed by atoms with E-state index in [4.69, 9.17) is 14.7 Å². The van der Waals surface area contributed by atoms with Crippen molar-refractivity contribution in [3.05, 3.63) is 42.7 Å². The van der Waals surface area contributed by atoms with E-state index >= 15 is 0 Å². The third-order valence-electron chi connectivity index (χ3n) is 1.89. The Morgan fingerprint density at radius 2 is 2.00 bits per heavy atom. The van der Waals surface area contributed by atoms with Gasteiger partial charge in [0.05, 0.1) is 12.4 Å². The Morgan fingerprint density at radius 3 is 2.69 bits per heavy atom. The lowest BCUT2D eigenvalue weighted by atomic mass is 10.3. The molecule has 1 aromatic heterocycles. The fourth-order valence-electron chi connectivity index (χ4n) is 1.16. The van der Waals surface area contributed by atoms with Crippen LogP contribution >= 0.6 is 0 Å². The van der Waals surface area contributed by atoms with Crippen molar-refractivity contribution in [2.45, 2.75) is 0 Å². The second-order valence-electron chi connectivity index (χ2n) is 3.08. The van der Waals surface area contributed by atoms with Crippen molar-refractivity contribution >= 4 is 0 Å². The van der Waals surface area contributed by atoms with Crippen LogP contribution in [0.25, 0.3) is 0 Å². The summed E-state index contributed by atoms with van der Waals surface area (Å²) in [5.41, 5.74) is 0. The maximum Gasteiger partial charge on any atom is 0.151 e. The zero-order valence-corrected chi connectivity index (χ0v) is 8.61. The number of rotatable bonds is 5. The van der Waals surface area contributed by atoms with E-state index in [2.05, 4.69) is 5.10 Å². The van der Waals surface area contributed by atoms with Crippen molar-refractivity contribution in [1.82, 2.24) is 9.94 Å². The molecule has 0 radical (unpaired) electrons. The van der Waals surface area contributed by atoms with Gasteiger partial charge in [0.25, 0.3) is 0 Å². The first kappa shape index (κ1) is 10.4. The van der Waals surface area contributed by atoms with E-state index in [1.165, 1.54) is 4.85 Å². The molecular weight excluding hydrogens is 208 g/mol. The highest BCUT2D eigenvalue weighted by Gasteiger charge is 1.95. The van der Waals surface area contributed by atoms with E-state index in [1.54, 1.807) is 42.7 Å². The molecule has 0 aliphatic heterocycles. The van der Waals surface area contributed by atoms with Gasteiger partial charge >= 0.3 is 0 Å². The van der Waals surface area contributed by atoms with Crippen LogP contribution in [0.1, 0.15) is 0 Å². The summed E-state index contributed by atoms with van der Waals surface area (Å²) < 4.78 is 5.38. The van der Waals surface area contributed by atoms with Crippen molar-refractivity contribution in [1.29, 1.82) is 0 Å². The largest absolute Gasteiger partial charge is 0.508 e. The molecule has 5 heteroatoms. The number of nitrogens with zero attached hydrogens (tertiary/aromatic N) is 2. The number of phenols is 1. The fourth-order valence-corrected chi connectivity index (χ4v) is 1.16. The van der Waals surface area contributed by atoms with Gasteiger partial charge in [-0.15, -0.1) is 9.94 Å². The van der Waals surface area contributed by atoms with Crippen molar-refractivity contribution in [2.75, 3.05) is 13.2 Å². The predicted octanol–water partition coefficient (Wildman–Crippen LogP) is 1.10. The lowest BCUT2D eigenvalue weighted by Crippen LogP contribution is -2.18. The van der Waals surface area contributed by atoms with E-state index in [1.807, 2.05) is 0 Å². The van der Waals surface area contributed by atoms with Gasteiger partial charge in [-0.05, 0) is 30.3 Å². The fraction of sp³-hybridized carbons (Fsp3) is 0.182. The van der Waals surface area contributed by atoms with Crippen LogP contribution in [0.4, 0.5) is 0 Å². The molecule has 5 nitrogen and oxygen atoms in total. The van der Waals surface area contributed by atoms with Crippen LogP contribution in [0.3, 0.4) is 0 Å². The SMILES string of the molecule is Oc1ccc(OCCOn2cccn2)cc1. The summed E-state index contributed by atoms with van der Waals surface area (Å²) in [5.74, 6) is 0.919. The third kappa shape index (κ3) is 2.91. The molecule has 1 aromatic carbocycles. The standard InChI is InChI=1S/C11H12N2O3/c14-10-2-4-11(5-3-10)15-8-9-16-13-7-1-6-12-13/h1-7,14H,8-9H2. The quantitative estimate of drug-likeness (QED) is 0.766. The molecule has 2 rings (SSSR count). The minimum atomic E-state index is 0.222. The number of aromatic nitrogens is 2. The summed E-state index contributed by atoms with van der Waals surface area (Å²) in [6.07, 6.45) is 3.35. The first-order valence-corrected chi connectivity index (χ1v) is 4.89. The number of hydrogen-bond donors (Lipinski definition) is 1. The summed E-state index contributed by atoms with van der Waals surface area (Å²) >= 11 is 0. The van der Waals surface area contributed by atoms with Crippen LogP contribution in [0, 0.1) is 0 Å². The molecule has 0 bridgehead atoms. The lowest BCUT2D eigenvalue weighted by molar-refractivity contribution is 0.0596. The average Bonchev–Trinajstić information content (AvgIpc) is 2.80. The Hall–Kier alpha value is -2.17. The van der Waals surface area contributed by atoms with E-state index in [0.717, 1.165) is 0 Å². The number of benzene rings is 1. The molecule has 0 saturated heterocycles. The number of phenolic OH excluding ortho intramolecular Hbond substituents is 1. The molecule has 1 N–H and O–H groups in total. The highest BCUT2D eigenvalue weighted by molar-refractivity contribution is 5.29. The molecule has 0 saturated carbocycles. The molecule has 84 valence electrons. The first-order chi connectivity index (χ1) is 7.84. The van der Waals surface area contributed by atoms with Crippen LogP contribution in [0.5, 0.6) is 11.5 Å². The molecule has 16 heavy (non-hydrogen) atoms. The summed E-state index contributed by atoms with van der Waals surface area (Å²) in [4.78, 5) is 6.60. The van der Waals surface area contributed by atoms with Gasteiger partial charge in [-0.1, -0.05) is 0 Å². The highest BCUT2D eigenvalue weighted by atomic mass is 16.7. The van der Waals surface area contributed by atoms with Gasteiger partial charge < -0.3 is 14.7 Å². The van der Waals surface area contributed by atoms with Crippen LogP contribution in [0.15, 0.2) is 42.7 Å². The van der Waals surface area contributed by atoms with E-state index in [0.29, 0.717) is 19.0 Å². The van der Waals surface area contributed by atoms with Crippen molar-refractivity contribution in [2.24, 2.45) is 0 Å². The molecule has 0 aliphatic carbocycles. The van der Waals surface area contributed by atoms with Gasteiger partial charge in [0.2, 0.25) is 0 Å². The number of hydrogen-bond acceptors (Lipinski definition) is 4. The minimum Gasteiger partial charge on any atom is -0.508 e. The second kappa shape index (κ2) is 5.06. The summed E-state index contributed by atoms with van der Waals surface area (Å²) in [5, 5.41) is 12.9. The van der Waals surface area contributed by atoms with Gasteiger partial charge in [-0.25, -0.2) is 0 Å². The van der Waals surface area contributed by atoms with Gasteiger partial charge in [-0.2, -0.15) is 0 Å². The highest BCUT2D eigenvalue weighted by Crippen LogP contribution is 2.15. The topological polar surface area (TPSA) is 56.5 Å². The summed E-state index contributed by atoms with van der Waals surface area (Å²) in [7, 11) is 0. The molecule has 0 unspecified atom stereocenters. The van der Waals surface area contributed by atoms with Crippen molar-refractivity contribution in [3.8, 4) is 11.5 Å². The Labute approximate surface area is 92.8 Å².